The molecule has 1 aromatic rings. The minimum absolute atomic E-state index is 0.0148. The Morgan fingerprint density at radius 1 is 0.952 bits per heavy atom. The molecular formula is C18H22O3. The van der Waals surface area contributed by atoms with Gasteiger partial charge >= 0.3 is 0 Å². The number of carbonyl (C=O) groups is 2. The Bertz CT molecular complexity index is 582. The molecule has 0 saturated heterocycles. The molecule has 3 heteroatoms. The zero-order valence-electron chi connectivity index (χ0n) is 12.7. The molecule has 1 aromatic carbocycles. The van der Waals surface area contributed by atoms with Crippen molar-refractivity contribution in [3.05, 3.63) is 41.0 Å². The summed E-state index contributed by atoms with van der Waals surface area (Å²) in [6.45, 7) is 4.38. The largest absolute Gasteiger partial charge is 0.507 e. The van der Waals surface area contributed by atoms with Crippen LogP contribution in [-0.4, -0.2) is 16.7 Å². The van der Waals surface area contributed by atoms with Crippen molar-refractivity contribution >= 4 is 17.3 Å². The highest BCUT2D eigenvalue weighted by molar-refractivity contribution is 6.52. The molecule has 0 radical (unpaired) electrons. The summed E-state index contributed by atoms with van der Waals surface area (Å²) >= 11 is 0. The van der Waals surface area contributed by atoms with Crippen LogP contribution in [0.3, 0.4) is 0 Å². The number of benzene rings is 1. The molecule has 112 valence electrons. The van der Waals surface area contributed by atoms with E-state index in [0.29, 0.717) is 23.5 Å². The molecule has 0 atom stereocenters. The number of unbranched alkanes of at least 4 members (excludes halogenated alkanes) is 2. The van der Waals surface area contributed by atoms with Gasteiger partial charge in [0.1, 0.15) is 5.76 Å². The fourth-order valence-electron chi connectivity index (χ4n) is 2.68. The first-order valence-electron chi connectivity index (χ1n) is 7.63. The van der Waals surface area contributed by atoms with Crippen molar-refractivity contribution in [2.24, 2.45) is 5.92 Å². The normalized spacial score (nSPS) is 14.8. The maximum Gasteiger partial charge on any atom is 0.234 e. The maximum absolute atomic E-state index is 12.1. The Morgan fingerprint density at radius 2 is 1.62 bits per heavy atom. The molecule has 0 bridgehead atoms. The zero-order chi connectivity index (χ0) is 15.4. The summed E-state index contributed by atoms with van der Waals surface area (Å²) in [6, 6.07) is 6.74. The molecule has 0 amide bonds. The first-order chi connectivity index (χ1) is 10.0. The summed E-state index contributed by atoms with van der Waals surface area (Å²) in [5.41, 5.74) is 1.08. The van der Waals surface area contributed by atoms with Crippen LogP contribution in [0, 0.1) is 5.92 Å². The van der Waals surface area contributed by atoms with Crippen molar-refractivity contribution in [2.75, 3.05) is 0 Å². The third-order valence-electron chi connectivity index (χ3n) is 3.90. The van der Waals surface area contributed by atoms with Gasteiger partial charge in [-0.1, -0.05) is 57.4 Å². The van der Waals surface area contributed by atoms with E-state index >= 15 is 0 Å². The van der Waals surface area contributed by atoms with Crippen LogP contribution in [0.25, 0.3) is 5.76 Å². The van der Waals surface area contributed by atoms with Crippen LogP contribution >= 0.6 is 0 Å². The van der Waals surface area contributed by atoms with E-state index in [0.717, 1.165) is 19.3 Å². The van der Waals surface area contributed by atoms with E-state index in [2.05, 4.69) is 13.8 Å². The molecular weight excluding hydrogens is 264 g/mol. The smallest absolute Gasteiger partial charge is 0.234 e. The predicted molar refractivity (Wildman–Crippen MR) is 83.3 cm³/mol. The van der Waals surface area contributed by atoms with Crippen LogP contribution in [0.5, 0.6) is 0 Å². The lowest BCUT2D eigenvalue weighted by Crippen LogP contribution is -2.24. The van der Waals surface area contributed by atoms with Crippen LogP contribution in [0.1, 0.15) is 61.9 Å². The summed E-state index contributed by atoms with van der Waals surface area (Å²) in [5.74, 6) is -0.378. The Morgan fingerprint density at radius 3 is 2.29 bits per heavy atom. The summed E-state index contributed by atoms with van der Waals surface area (Å²) < 4.78 is 0. The van der Waals surface area contributed by atoms with Gasteiger partial charge in [-0.2, -0.15) is 0 Å². The number of aliphatic hydroxyl groups is 1. The Balaban J connectivity index is 2.08. The van der Waals surface area contributed by atoms with Gasteiger partial charge in [0.2, 0.25) is 11.6 Å². The lowest BCUT2D eigenvalue weighted by atomic mass is 9.86. The van der Waals surface area contributed by atoms with Gasteiger partial charge in [-0.3, -0.25) is 9.59 Å². The number of rotatable bonds is 6. The highest BCUT2D eigenvalue weighted by atomic mass is 16.3. The van der Waals surface area contributed by atoms with Gasteiger partial charge in [0, 0.05) is 16.7 Å². The first kappa shape index (κ1) is 15.5. The van der Waals surface area contributed by atoms with Gasteiger partial charge in [0.05, 0.1) is 0 Å². The standard InChI is InChI=1S/C18H22O3/c1-12(2)8-4-3-5-11-15-16(19)13-9-6-7-10-14(13)17(20)18(15)21/h6-7,9-10,12,19H,3-5,8,11H2,1-2H3. The SMILES string of the molecule is CC(C)CCCCCC1=C(O)c2ccccc2C(=O)C1=O. The molecule has 0 spiro atoms. The summed E-state index contributed by atoms with van der Waals surface area (Å²) in [5, 5.41) is 10.3. The van der Waals surface area contributed by atoms with Gasteiger partial charge in [0.25, 0.3) is 0 Å². The number of ketones is 2. The third-order valence-corrected chi connectivity index (χ3v) is 3.90. The van der Waals surface area contributed by atoms with Gasteiger partial charge in [-0.15, -0.1) is 0 Å². The van der Waals surface area contributed by atoms with Crippen molar-refractivity contribution in [1.82, 2.24) is 0 Å². The summed E-state index contributed by atoms with van der Waals surface area (Å²) in [6.07, 6.45) is 4.60. The van der Waals surface area contributed by atoms with Crippen molar-refractivity contribution in [2.45, 2.75) is 46.0 Å². The lowest BCUT2D eigenvalue weighted by Gasteiger charge is -2.17. The number of allylic oxidation sites excluding steroid dienone is 1. The second kappa shape index (κ2) is 6.70. The molecule has 0 aliphatic heterocycles. The van der Waals surface area contributed by atoms with E-state index < -0.39 is 11.6 Å². The molecule has 0 fully saturated rings. The quantitative estimate of drug-likeness (QED) is 0.625. The van der Waals surface area contributed by atoms with Crippen LogP contribution < -0.4 is 0 Å². The molecule has 0 saturated carbocycles. The maximum atomic E-state index is 12.1. The molecule has 0 heterocycles. The molecule has 0 aromatic heterocycles. The van der Waals surface area contributed by atoms with E-state index in [1.165, 1.54) is 6.42 Å². The first-order valence-corrected chi connectivity index (χ1v) is 7.63. The molecule has 3 nitrogen and oxygen atoms in total. The molecule has 1 N–H and O–H groups in total. The van der Waals surface area contributed by atoms with Crippen molar-refractivity contribution in [1.29, 1.82) is 0 Å². The van der Waals surface area contributed by atoms with Crippen LogP contribution in [0.2, 0.25) is 0 Å². The number of fused-ring (bicyclic) bond motifs is 1. The average Bonchev–Trinajstić information content (AvgIpc) is 2.47. The van der Waals surface area contributed by atoms with Crippen molar-refractivity contribution < 1.29 is 14.7 Å². The van der Waals surface area contributed by atoms with Crippen molar-refractivity contribution in [3.63, 3.8) is 0 Å². The summed E-state index contributed by atoms with van der Waals surface area (Å²) in [7, 11) is 0. The fourth-order valence-corrected chi connectivity index (χ4v) is 2.68. The number of Topliss-reactive ketones (excluding diaryl/α,β-unsaturated/α-hetero) is 2. The molecule has 1 aliphatic rings. The second-order valence-corrected chi connectivity index (χ2v) is 6.02. The lowest BCUT2D eigenvalue weighted by molar-refractivity contribution is -0.112. The van der Waals surface area contributed by atoms with Gasteiger partial charge in [0.15, 0.2) is 0 Å². The molecule has 1 aliphatic carbocycles. The molecule has 2 rings (SSSR count). The predicted octanol–water partition coefficient (Wildman–Crippen LogP) is 4.33. The van der Waals surface area contributed by atoms with E-state index in [1.54, 1.807) is 24.3 Å². The summed E-state index contributed by atoms with van der Waals surface area (Å²) in [4.78, 5) is 24.2. The van der Waals surface area contributed by atoms with Crippen LogP contribution in [-0.2, 0) is 4.79 Å². The van der Waals surface area contributed by atoms with Crippen molar-refractivity contribution in [3.8, 4) is 0 Å². The monoisotopic (exact) mass is 286 g/mol. The van der Waals surface area contributed by atoms with Gasteiger partial charge in [-0.25, -0.2) is 0 Å². The third kappa shape index (κ3) is 3.41. The van der Waals surface area contributed by atoms with Gasteiger partial charge < -0.3 is 5.11 Å². The minimum atomic E-state index is -0.546. The number of carbonyl (C=O) groups excluding carboxylic acids is 2. The Kier molecular flexibility index (Phi) is 4.94. The second-order valence-electron chi connectivity index (χ2n) is 6.02. The molecule has 21 heavy (non-hydrogen) atoms. The number of hydrogen-bond acceptors (Lipinski definition) is 3. The average molecular weight is 286 g/mol. The number of aliphatic hydroxyl groups excluding tert-OH is 1. The number of hydrogen-bond donors (Lipinski definition) is 1. The van der Waals surface area contributed by atoms with E-state index in [-0.39, 0.29) is 11.3 Å². The topological polar surface area (TPSA) is 54.4 Å². The van der Waals surface area contributed by atoms with E-state index in [1.807, 2.05) is 0 Å². The molecule has 0 unspecified atom stereocenters. The Hall–Kier alpha value is -1.90. The highest BCUT2D eigenvalue weighted by Gasteiger charge is 2.31. The zero-order valence-corrected chi connectivity index (χ0v) is 12.7. The highest BCUT2D eigenvalue weighted by Crippen LogP contribution is 2.30. The van der Waals surface area contributed by atoms with E-state index in [4.69, 9.17) is 0 Å². The minimum Gasteiger partial charge on any atom is -0.507 e. The van der Waals surface area contributed by atoms with E-state index in [9.17, 15) is 14.7 Å². The fraction of sp³-hybridized carbons (Fsp3) is 0.444. The van der Waals surface area contributed by atoms with Gasteiger partial charge in [-0.05, 0) is 18.8 Å². The van der Waals surface area contributed by atoms with Crippen LogP contribution in [0.4, 0.5) is 0 Å². The Labute approximate surface area is 125 Å². The van der Waals surface area contributed by atoms with Crippen LogP contribution in [0.15, 0.2) is 29.8 Å².